The predicted octanol–water partition coefficient (Wildman–Crippen LogP) is 2.88. The number of aliphatic carboxylic acids is 1. The third-order valence-electron chi connectivity index (χ3n) is 3.65. The standard InChI is InChI=1S/C17H28N2O6/c1-11(2)24-16(23)19-10-6-7-12(19)8-9-13(14(20)21)18-15(22)25-17(3,4)5/h12-13H,1,6-10H2,2-5H3,(H,18,22)(H,20,21)/t12?,13-/m0/s1. The molecule has 1 rings (SSSR count). The van der Waals surface area contributed by atoms with Gasteiger partial charge in [0.1, 0.15) is 11.6 Å². The molecule has 142 valence electrons. The Balaban J connectivity index is 2.59. The number of likely N-dealkylation sites (tertiary alicyclic amines) is 1. The Hall–Kier alpha value is -2.25. The highest BCUT2D eigenvalue weighted by Crippen LogP contribution is 2.23. The molecule has 0 aromatic rings. The van der Waals surface area contributed by atoms with E-state index in [1.807, 2.05) is 0 Å². The van der Waals surface area contributed by atoms with Gasteiger partial charge in [-0.15, -0.1) is 0 Å². The quantitative estimate of drug-likeness (QED) is 0.709. The minimum absolute atomic E-state index is 0.117. The van der Waals surface area contributed by atoms with E-state index in [0.717, 1.165) is 12.8 Å². The first-order chi connectivity index (χ1) is 11.5. The van der Waals surface area contributed by atoms with Gasteiger partial charge in [0.05, 0.1) is 5.76 Å². The van der Waals surface area contributed by atoms with Crippen LogP contribution in [0.2, 0.25) is 0 Å². The summed E-state index contributed by atoms with van der Waals surface area (Å²) in [7, 11) is 0. The summed E-state index contributed by atoms with van der Waals surface area (Å²) in [6.45, 7) is 10.8. The lowest BCUT2D eigenvalue weighted by atomic mass is 10.0. The van der Waals surface area contributed by atoms with Crippen LogP contribution in [0.25, 0.3) is 0 Å². The number of allylic oxidation sites excluding steroid dienone is 1. The van der Waals surface area contributed by atoms with Gasteiger partial charge >= 0.3 is 18.2 Å². The molecule has 1 aliphatic heterocycles. The fourth-order valence-corrected chi connectivity index (χ4v) is 2.65. The molecule has 0 aliphatic carbocycles. The maximum Gasteiger partial charge on any atom is 0.415 e. The summed E-state index contributed by atoms with van der Waals surface area (Å²) >= 11 is 0. The number of carboxylic acid groups (broad SMARTS) is 1. The Morgan fingerprint density at radius 3 is 2.52 bits per heavy atom. The zero-order valence-electron chi connectivity index (χ0n) is 15.3. The molecule has 0 radical (unpaired) electrons. The van der Waals surface area contributed by atoms with Gasteiger partial charge in [-0.2, -0.15) is 0 Å². The smallest absolute Gasteiger partial charge is 0.415 e. The number of ether oxygens (including phenoxy) is 2. The number of carbonyl (C=O) groups excluding carboxylic acids is 2. The SMILES string of the molecule is C=C(C)OC(=O)N1CCCC1CC[C@H](NC(=O)OC(C)(C)C)C(=O)O. The molecule has 8 nitrogen and oxygen atoms in total. The van der Waals surface area contributed by atoms with E-state index < -0.39 is 29.8 Å². The van der Waals surface area contributed by atoms with Crippen LogP contribution in [0.4, 0.5) is 9.59 Å². The first-order valence-electron chi connectivity index (χ1n) is 8.36. The van der Waals surface area contributed by atoms with Crippen molar-refractivity contribution in [1.29, 1.82) is 0 Å². The van der Waals surface area contributed by atoms with Gasteiger partial charge in [0.25, 0.3) is 0 Å². The molecule has 2 amide bonds. The van der Waals surface area contributed by atoms with Crippen LogP contribution in [0.15, 0.2) is 12.3 Å². The first kappa shape index (κ1) is 20.8. The summed E-state index contributed by atoms with van der Waals surface area (Å²) in [6.07, 6.45) is 0.984. The monoisotopic (exact) mass is 356 g/mol. The molecule has 1 unspecified atom stereocenters. The van der Waals surface area contributed by atoms with E-state index in [9.17, 15) is 19.5 Å². The van der Waals surface area contributed by atoms with Crippen LogP contribution in [0.3, 0.4) is 0 Å². The molecule has 0 spiro atoms. The maximum absolute atomic E-state index is 12.0. The number of hydrogen-bond acceptors (Lipinski definition) is 5. The molecule has 0 saturated carbocycles. The summed E-state index contributed by atoms with van der Waals surface area (Å²) in [4.78, 5) is 36.8. The number of amides is 2. The summed E-state index contributed by atoms with van der Waals surface area (Å²) in [5.41, 5.74) is -0.707. The highest BCUT2D eigenvalue weighted by Gasteiger charge is 2.32. The van der Waals surface area contributed by atoms with E-state index in [0.29, 0.717) is 18.7 Å². The van der Waals surface area contributed by atoms with Gasteiger partial charge in [0.15, 0.2) is 0 Å². The van der Waals surface area contributed by atoms with Gasteiger partial charge in [-0.1, -0.05) is 6.58 Å². The molecule has 8 heteroatoms. The van der Waals surface area contributed by atoms with Crippen molar-refractivity contribution in [3.8, 4) is 0 Å². The van der Waals surface area contributed by atoms with Crippen LogP contribution in [-0.2, 0) is 14.3 Å². The van der Waals surface area contributed by atoms with Crippen molar-refractivity contribution in [3.05, 3.63) is 12.3 Å². The Kier molecular flexibility index (Phi) is 7.26. The van der Waals surface area contributed by atoms with Crippen molar-refractivity contribution in [2.45, 2.75) is 71.1 Å². The van der Waals surface area contributed by atoms with E-state index >= 15 is 0 Å². The van der Waals surface area contributed by atoms with Gasteiger partial charge in [0, 0.05) is 12.6 Å². The summed E-state index contributed by atoms with van der Waals surface area (Å²) in [6, 6.07) is -1.19. The molecule has 1 saturated heterocycles. The average Bonchev–Trinajstić information content (AvgIpc) is 2.88. The van der Waals surface area contributed by atoms with Gasteiger partial charge in [-0.25, -0.2) is 14.4 Å². The largest absolute Gasteiger partial charge is 0.480 e. The van der Waals surface area contributed by atoms with Crippen LogP contribution in [0, 0.1) is 0 Å². The van der Waals surface area contributed by atoms with Gasteiger partial charge in [-0.3, -0.25) is 0 Å². The van der Waals surface area contributed by atoms with Gasteiger partial charge < -0.3 is 24.8 Å². The second-order valence-corrected chi connectivity index (χ2v) is 7.17. The van der Waals surface area contributed by atoms with Crippen molar-refractivity contribution in [1.82, 2.24) is 10.2 Å². The second kappa shape index (κ2) is 8.73. The van der Waals surface area contributed by atoms with Gasteiger partial charge in [0.2, 0.25) is 0 Å². The highest BCUT2D eigenvalue weighted by atomic mass is 16.6. The van der Waals surface area contributed by atoms with E-state index in [2.05, 4.69) is 11.9 Å². The Labute approximate surface area is 148 Å². The Morgan fingerprint density at radius 2 is 2.00 bits per heavy atom. The fraction of sp³-hybridized carbons (Fsp3) is 0.706. The van der Waals surface area contributed by atoms with Gasteiger partial charge in [-0.05, 0) is 53.4 Å². The van der Waals surface area contributed by atoms with Crippen LogP contribution in [-0.4, -0.2) is 52.4 Å². The first-order valence-corrected chi connectivity index (χ1v) is 8.36. The fourth-order valence-electron chi connectivity index (χ4n) is 2.65. The van der Waals surface area contributed by atoms with Crippen LogP contribution < -0.4 is 5.32 Å². The zero-order chi connectivity index (χ0) is 19.2. The van der Waals surface area contributed by atoms with Crippen LogP contribution >= 0.6 is 0 Å². The third-order valence-corrected chi connectivity index (χ3v) is 3.65. The summed E-state index contributed by atoms with van der Waals surface area (Å²) in [5.74, 6) is -0.828. The minimum Gasteiger partial charge on any atom is -0.480 e. The van der Waals surface area contributed by atoms with Crippen molar-refractivity contribution in [2.75, 3.05) is 6.54 Å². The third kappa shape index (κ3) is 7.45. The van der Waals surface area contributed by atoms with Crippen molar-refractivity contribution in [3.63, 3.8) is 0 Å². The van der Waals surface area contributed by atoms with E-state index in [4.69, 9.17) is 9.47 Å². The Bertz CT molecular complexity index is 526. The molecule has 2 atom stereocenters. The molecule has 0 aromatic heterocycles. The maximum atomic E-state index is 12.0. The molecule has 1 heterocycles. The molecule has 0 aromatic carbocycles. The van der Waals surface area contributed by atoms with Crippen LogP contribution in [0.1, 0.15) is 53.4 Å². The predicted molar refractivity (Wildman–Crippen MR) is 91.1 cm³/mol. The number of carboxylic acids is 1. The molecule has 1 fully saturated rings. The molecule has 0 bridgehead atoms. The van der Waals surface area contributed by atoms with Crippen LogP contribution in [0.5, 0.6) is 0 Å². The number of hydrogen-bond donors (Lipinski definition) is 2. The zero-order valence-corrected chi connectivity index (χ0v) is 15.3. The second-order valence-electron chi connectivity index (χ2n) is 7.17. The summed E-state index contributed by atoms with van der Waals surface area (Å²) in [5, 5.41) is 11.7. The van der Waals surface area contributed by atoms with Crippen molar-refractivity contribution >= 4 is 18.2 Å². The van der Waals surface area contributed by atoms with Crippen molar-refractivity contribution < 1.29 is 29.0 Å². The normalized spacial score (nSPS) is 18.4. The number of carbonyl (C=O) groups is 3. The molecule has 1 aliphatic rings. The number of alkyl carbamates (subject to hydrolysis) is 1. The minimum atomic E-state index is -1.14. The van der Waals surface area contributed by atoms with E-state index in [-0.39, 0.29) is 12.5 Å². The molecular weight excluding hydrogens is 328 g/mol. The molecular formula is C17H28N2O6. The molecule has 2 N–H and O–H groups in total. The lowest BCUT2D eigenvalue weighted by Gasteiger charge is -2.26. The number of rotatable bonds is 6. The lowest BCUT2D eigenvalue weighted by molar-refractivity contribution is -0.139. The van der Waals surface area contributed by atoms with Crippen molar-refractivity contribution in [2.24, 2.45) is 0 Å². The molecule has 25 heavy (non-hydrogen) atoms. The average molecular weight is 356 g/mol. The van der Waals surface area contributed by atoms with E-state index in [1.165, 1.54) is 0 Å². The Morgan fingerprint density at radius 1 is 1.36 bits per heavy atom. The highest BCUT2D eigenvalue weighted by molar-refractivity contribution is 5.80. The topological polar surface area (TPSA) is 105 Å². The van der Waals surface area contributed by atoms with E-state index in [1.54, 1.807) is 32.6 Å². The number of nitrogens with zero attached hydrogens (tertiary/aromatic N) is 1. The number of nitrogens with one attached hydrogen (secondary N) is 1. The summed E-state index contributed by atoms with van der Waals surface area (Å²) < 4.78 is 10.1. The lowest BCUT2D eigenvalue weighted by Crippen LogP contribution is -2.44.